The van der Waals surface area contributed by atoms with Crippen molar-refractivity contribution in [3.05, 3.63) is 0 Å². The molecule has 0 atom stereocenters. The largest absolute Gasteiger partial charge is 0.377 e. The molecule has 1 amide bonds. The predicted octanol–water partition coefficient (Wildman–Crippen LogP) is -0.242. The molecule has 5 heteroatoms. The van der Waals surface area contributed by atoms with Gasteiger partial charge in [-0.1, -0.05) is 0 Å². The molecule has 0 saturated carbocycles. The lowest BCUT2D eigenvalue weighted by Gasteiger charge is -2.26. The van der Waals surface area contributed by atoms with Gasteiger partial charge < -0.3 is 10.1 Å². The van der Waals surface area contributed by atoms with Crippen molar-refractivity contribution < 1.29 is 9.53 Å². The van der Waals surface area contributed by atoms with Gasteiger partial charge in [-0.15, -0.1) is 11.8 Å². The van der Waals surface area contributed by atoms with E-state index < -0.39 is 0 Å². The molecule has 4 nitrogen and oxygen atoms in total. The Morgan fingerprint density at radius 1 is 1.75 bits per heavy atom. The van der Waals surface area contributed by atoms with Gasteiger partial charge in [-0.25, -0.2) is 0 Å². The second-order valence-corrected chi connectivity index (χ2v) is 3.44. The number of amides is 1. The number of carbonyl (C=O) groups is 1. The molecular weight excluding hydrogens is 176 g/mol. The summed E-state index contributed by atoms with van der Waals surface area (Å²) in [6, 6.07) is 2.16. The Hall–Kier alpha value is -0.730. The quantitative estimate of drug-likeness (QED) is 0.615. The number of thioether (sulfide) groups is 1. The zero-order valence-electron chi connectivity index (χ0n) is 6.58. The summed E-state index contributed by atoms with van der Waals surface area (Å²) in [6.07, 6.45) is 0. The van der Waals surface area contributed by atoms with Crippen LogP contribution in [0.1, 0.15) is 0 Å². The predicted molar refractivity (Wildman–Crippen MR) is 45.7 cm³/mol. The van der Waals surface area contributed by atoms with Crippen molar-refractivity contribution in [2.24, 2.45) is 0 Å². The zero-order valence-corrected chi connectivity index (χ0v) is 7.39. The van der Waals surface area contributed by atoms with Crippen molar-refractivity contribution in [2.45, 2.75) is 6.04 Å². The van der Waals surface area contributed by atoms with E-state index in [1.807, 2.05) is 6.07 Å². The molecule has 0 aromatic carbocycles. The number of nitrogens with one attached hydrogen (secondary N) is 1. The van der Waals surface area contributed by atoms with Crippen LogP contribution in [0.4, 0.5) is 0 Å². The summed E-state index contributed by atoms with van der Waals surface area (Å²) in [5.41, 5.74) is 0. The first-order valence-electron chi connectivity index (χ1n) is 3.64. The molecule has 0 aromatic rings. The third kappa shape index (κ3) is 3.11. The Kier molecular flexibility index (Phi) is 3.91. The maximum Gasteiger partial charge on any atom is 0.230 e. The number of nitriles is 1. The number of rotatable bonds is 4. The van der Waals surface area contributed by atoms with E-state index in [4.69, 9.17) is 10.00 Å². The number of ether oxygens (including phenoxy) is 1. The zero-order chi connectivity index (χ0) is 8.81. The van der Waals surface area contributed by atoms with Crippen LogP contribution in [0.25, 0.3) is 0 Å². The van der Waals surface area contributed by atoms with Crippen LogP contribution < -0.4 is 5.32 Å². The molecule has 0 bridgehead atoms. The van der Waals surface area contributed by atoms with Gasteiger partial charge in [0.25, 0.3) is 0 Å². The third-order valence-corrected chi connectivity index (χ3v) is 2.20. The molecule has 1 fully saturated rings. The van der Waals surface area contributed by atoms with Crippen molar-refractivity contribution >= 4 is 17.7 Å². The van der Waals surface area contributed by atoms with Crippen LogP contribution >= 0.6 is 11.8 Å². The van der Waals surface area contributed by atoms with E-state index in [2.05, 4.69) is 5.32 Å². The molecule has 1 aliphatic heterocycles. The normalized spacial score (nSPS) is 16.2. The molecule has 66 valence electrons. The minimum absolute atomic E-state index is 0.0106. The molecule has 12 heavy (non-hydrogen) atoms. The van der Waals surface area contributed by atoms with Gasteiger partial charge in [0.2, 0.25) is 5.91 Å². The Morgan fingerprint density at radius 2 is 2.50 bits per heavy atom. The first-order valence-corrected chi connectivity index (χ1v) is 4.80. The molecule has 0 spiro atoms. The van der Waals surface area contributed by atoms with Crippen molar-refractivity contribution in [3.8, 4) is 6.07 Å². The van der Waals surface area contributed by atoms with Gasteiger partial charge in [0.1, 0.15) is 0 Å². The van der Waals surface area contributed by atoms with Gasteiger partial charge in [-0.05, 0) is 0 Å². The lowest BCUT2D eigenvalue weighted by molar-refractivity contribution is -0.122. The molecule has 0 unspecified atom stereocenters. The molecule has 1 rings (SSSR count). The highest BCUT2D eigenvalue weighted by Gasteiger charge is 2.19. The molecule has 1 N–H and O–H groups in total. The van der Waals surface area contributed by atoms with Crippen molar-refractivity contribution in [1.29, 1.82) is 5.26 Å². The molecule has 0 aromatic heterocycles. The number of nitrogens with zero attached hydrogens (tertiary/aromatic N) is 1. The Balaban J connectivity index is 2.00. The van der Waals surface area contributed by atoms with Crippen molar-refractivity contribution in [1.82, 2.24) is 5.32 Å². The average molecular weight is 186 g/mol. The van der Waals surface area contributed by atoms with Crippen LogP contribution in [0, 0.1) is 11.3 Å². The standard InChI is InChI=1S/C7H10N2O2S/c8-1-2-12-5-7(10)9-6-3-11-4-6/h6H,2-5H2,(H,9,10). The van der Waals surface area contributed by atoms with Crippen LogP contribution in [0.3, 0.4) is 0 Å². The van der Waals surface area contributed by atoms with E-state index >= 15 is 0 Å². The summed E-state index contributed by atoms with van der Waals surface area (Å²) in [6.45, 7) is 1.24. The highest BCUT2D eigenvalue weighted by atomic mass is 32.2. The van der Waals surface area contributed by atoms with Crippen LogP contribution in [0.2, 0.25) is 0 Å². The van der Waals surface area contributed by atoms with Gasteiger partial charge in [0.05, 0.1) is 36.8 Å². The van der Waals surface area contributed by atoms with Gasteiger partial charge >= 0.3 is 0 Å². The fourth-order valence-corrected chi connectivity index (χ4v) is 1.24. The summed E-state index contributed by atoms with van der Waals surface area (Å²) in [4.78, 5) is 11.0. The number of hydrogen-bond donors (Lipinski definition) is 1. The highest BCUT2D eigenvalue weighted by Crippen LogP contribution is 2.01. The van der Waals surface area contributed by atoms with E-state index in [0.29, 0.717) is 24.7 Å². The molecule has 0 radical (unpaired) electrons. The number of carbonyl (C=O) groups excluding carboxylic acids is 1. The van der Waals surface area contributed by atoms with Crippen LogP contribution in [0.5, 0.6) is 0 Å². The minimum Gasteiger partial charge on any atom is -0.377 e. The first kappa shape index (κ1) is 9.36. The topological polar surface area (TPSA) is 62.1 Å². The van der Waals surface area contributed by atoms with Crippen LogP contribution in [-0.2, 0) is 9.53 Å². The van der Waals surface area contributed by atoms with Gasteiger partial charge in [0.15, 0.2) is 0 Å². The van der Waals surface area contributed by atoms with Gasteiger partial charge in [-0.3, -0.25) is 4.79 Å². The Morgan fingerprint density at radius 3 is 3.00 bits per heavy atom. The molecular formula is C7H10N2O2S. The van der Waals surface area contributed by atoms with E-state index in [-0.39, 0.29) is 11.9 Å². The summed E-state index contributed by atoms with van der Waals surface area (Å²) in [7, 11) is 0. The van der Waals surface area contributed by atoms with E-state index in [0.717, 1.165) is 0 Å². The smallest absolute Gasteiger partial charge is 0.230 e. The summed E-state index contributed by atoms with van der Waals surface area (Å²) < 4.78 is 4.89. The van der Waals surface area contributed by atoms with Crippen LogP contribution in [0.15, 0.2) is 0 Å². The van der Waals surface area contributed by atoms with E-state index in [9.17, 15) is 4.79 Å². The third-order valence-electron chi connectivity index (χ3n) is 1.40. The van der Waals surface area contributed by atoms with E-state index in [1.165, 1.54) is 11.8 Å². The number of hydrogen-bond acceptors (Lipinski definition) is 4. The second-order valence-electron chi connectivity index (χ2n) is 2.45. The van der Waals surface area contributed by atoms with Crippen LogP contribution in [-0.4, -0.2) is 36.7 Å². The lowest BCUT2D eigenvalue weighted by Crippen LogP contribution is -2.49. The summed E-state index contributed by atoms with van der Waals surface area (Å²) >= 11 is 1.32. The van der Waals surface area contributed by atoms with Gasteiger partial charge in [-0.2, -0.15) is 5.26 Å². The summed E-state index contributed by atoms with van der Waals surface area (Å²) in [5.74, 6) is 0.724. The first-order chi connectivity index (χ1) is 5.83. The molecule has 1 aliphatic rings. The molecule has 0 aliphatic carbocycles. The van der Waals surface area contributed by atoms with Crippen molar-refractivity contribution in [3.63, 3.8) is 0 Å². The molecule has 1 heterocycles. The second kappa shape index (κ2) is 5.01. The molecule has 1 saturated heterocycles. The summed E-state index contributed by atoms with van der Waals surface area (Å²) in [5, 5.41) is 11.0. The monoisotopic (exact) mass is 186 g/mol. The average Bonchev–Trinajstić information content (AvgIpc) is 1.98. The van der Waals surface area contributed by atoms with Crippen molar-refractivity contribution in [2.75, 3.05) is 24.7 Å². The maximum atomic E-state index is 11.0. The Bertz CT molecular complexity index is 198. The van der Waals surface area contributed by atoms with Gasteiger partial charge in [0, 0.05) is 0 Å². The SMILES string of the molecule is N#CCSCC(=O)NC1COC1. The van der Waals surface area contributed by atoms with E-state index in [1.54, 1.807) is 0 Å². The fraction of sp³-hybridized carbons (Fsp3) is 0.714. The maximum absolute atomic E-state index is 11.0. The Labute approximate surface area is 75.3 Å². The fourth-order valence-electron chi connectivity index (χ4n) is 0.778. The highest BCUT2D eigenvalue weighted by molar-refractivity contribution is 8.00. The lowest BCUT2D eigenvalue weighted by atomic mass is 10.2. The minimum atomic E-state index is -0.0106.